The van der Waals surface area contributed by atoms with Crippen molar-refractivity contribution in [2.75, 3.05) is 39.8 Å². The first-order valence-corrected chi connectivity index (χ1v) is 14.2. The highest BCUT2D eigenvalue weighted by molar-refractivity contribution is 5.99. The zero-order chi connectivity index (χ0) is 27.2. The fraction of sp³-hybridized carbons (Fsp3) is 0.759. The molecule has 3 saturated heterocycles. The number of carbonyl (C=O) groups is 3. The van der Waals surface area contributed by atoms with Gasteiger partial charge in [-0.15, -0.1) is 13.2 Å². The van der Waals surface area contributed by atoms with Crippen LogP contribution >= 0.6 is 0 Å². The van der Waals surface area contributed by atoms with E-state index in [0.717, 1.165) is 25.7 Å². The summed E-state index contributed by atoms with van der Waals surface area (Å²) in [6.07, 6.45) is 10.3. The maximum atomic E-state index is 14.3. The lowest BCUT2D eigenvalue weighted by Gasteiger charge is -2.37. The first kappa shape index (κ1) is 29.4. The number of ether oxygens (including phenoxy) is 1. The zero-order valence-electron chi connectivity index (χ0n) is 23.1. The number of fused-ring (bicyclic) bond motifs is 1. The highest BCUT2D eigenvalue weighted by atomic mass is 16.5. The van der Waals surface area contributed by atoms with Crippen LogP contribution in [0.25, 0.3) is 0 Å². The van der Waals surface area contributed by atoms with Gasteiger partial charge < -0.3 is 24.5 Å². The van der Waals surface area contributed by atoms with Gasteiger partial charge in [0.1, 0.15) is 11.6 Å². The van der Waals surface area contributed by atoms with E-state index in [-0.39, 0.29) is 24.3 Å². The Morgan fingerprint density at radius 1 is 1.08 bits per heavy atom. The van der Waals surface area contributed by atoms with Gasteiger partial charge in [-0.25, -0.2) is 0 Å². The lowest BCUT2D eigenvalue weighted by atomic mass is 9.64. The summed E-state index contributed by atoms with van der Waals surface area (Å²) >= 11 is 0. The van der Waals surface area contributed by atoms with Crippen LogP contribution in [0.3, 0.4) is 0 Å². The number of rotatable bonds is 16. The van der Waals surface area contributed by atoms with Gasteiger partial charge in [0.15, 0.2) is 0 Å². The van der Waals surface area contributed by atoms with Crippen molar-refractivity contribution in [1.82, 2.24) is 14.7 Å². The Morgan fingerprint density at radius 3 is 2.43 bits per heavy atom. The quantitative estimate of drug-likeness (QED) is 0.251. The van der Waals surface area contributed by atoms with Crippen molar-refractivity contribution in [3.63, 3.8) is 0 Å². The highest BCUT2D eigenvalue weighted by Gasteiger charge is 2.78. The molecule has 0 aromatic rings. The van der Waals surface area contributed by atoms with Crippen LogP contribution in [-0.2, 0) is 19.1 Å². The second-order valence-corrected chi connectivity index (χ2v) is 10.9. The molecule has 0 aliphatic carbocycles. The van der Waals surface area contributed by atoms with Crippen molar-refractivity contribution in [2.24, 2.45) is 11.8 Å². The Bertz CT molecular complexity index is 862. The third-order valence-electron chi connectivity index (χ3n) is 8.71. The van der Waals surface area contributed by atoms with Crippen molar-refractivity contribution < 1.29 is 24.2 Å². The van der Waals surface area contributed by atoms with Crippen LogP contribution in [0.5, 0.6) is 0 Å². The highest BCUT2D eigenvalue weighted by Crippen LogP contribution is 2.64. The molecule has 1 spiro atoms. The van der Waals surface area contributed by atoms with Crippen LogP contribution in [-0.4, -0.2) is 94.6 Å². The Morgan fingerprint density at radius 2 is 1.81 bits per heavy atom. The number of amides is 3. The lowest BCUT2D eigenvalue weighted by Crippen LogP contribution is -2.56. The first-order valence-electron chi connectivity index (χ1n) is 14.2. The molecule has 3 aliphatic rings. The molecular weight excluding hydrogens is 470 g/mol. The number of aliphatic hydroxyl groups excluding tert-OH is 1. The van der Waals surface area contributed by atoms with Crippen LogP contribution in [0.4, 0.5) is 0 Å². The Hall–Kier alpha value is -2.19. The number of aliphatic hydroxyl groups is 1. The fourth-order valence-electron chi connectivity index (χ4n) is 6.88. The second-order valence-electron chi connectivity index (χ2n) is 10.9. The van der Waals surface area contributed by atoms with E-state index in [2.05, 4.69) is 20.1 Å². The third-order valence-corrected chi connectivity index (χ3v) is 8.71. The summed E-state index contributed by atoms with van der Waals surface area (Å²) in [7, 11) is 1.74. The van der Waals surface area contributed by atoms with Gasteiger partial charge in [-0.3, -0.25) is 14.4 Å². The molecular formula is C29H47N3O5. The summed E-state index contributed by atoms with van der Waals surface area (Å²) in [5.41, 5.74) is -1.74. The third kappa shape index (κ3) is 5.24. The van der Waals surface area contributed by atoms with Crippen molar-refractivity contribution in [3.05, 3.63) is 25.3 Å². The number of nitrogens with zero attached hydrogens (tertiary/aromatic N) is 3. The van der Waals surface area contributed by atoms with E-state index in [0.29, 0.717) is 58.3 Å². The molecule has 3 fully saturated rings. The number of carbonyl (C=O) groups excluding carboxylic acids is 3. The summed E-state index contributed by atoms with van der Waals surface area (Å²) in [5, 5.41) is 9.23. The van der Waals surface area contributed by atoms with Crippen molar-refractivity contribution in [3.8, 4) is 0 Å². The summed E-state index contributed by atoms with van der Waals surface area (Å²) in [6.45, 7) is 13.7. The average molecular weight is 518 g/mol. The smallest absolute Gasteiger partial charge is 0.248 e. The van der Waals surface area contributed by atoms with E-state index in [1.807, 2.05) is 11.8 Å². The van der Waals surface area contributed by atoms with E-state index in [1.165, 1.54) is 0 Å². The lowest BCUT2D eigenvalue weighted by molar-refractivity contribution is -0.154. The number of likely N-dealkylation sites (tertiary alicyclic amines) is 1. The predicted octanol–water partition coefficient (Wildman–Crippen LogP) is 3.15. The minimum Gasteiger partial charge on any atom is -0.396 e. The Labute approximate surface area is 222 Å². The van der Waals surface area contributed by atoms with Crippen LogP contribution < -0.4 is 0 Å². The van der Waals surface area contributed by atoms with Crippen LogP contribution in [0.15, 0.2) is 25.3 Å². The summed E-state index contributed by atoms with van der Waals surface area (Å²) in [6, 6.07) is -0.753. The Kier molecular flexibility index (Phi) is 9.98. The van der Waals surface area contributed by atoms with Gasteiger partial charge in [0.05, 0.1) is 17.4 Å². The maximum absolute atomic E-state index is 14.3. The SMILES string of the molecule is C=CCN(C)C(=O)[C@H]1[C@H]2C(=O)N(CCCCCO)C(C(=O)N(CC=C)CCCCC)C23CC[C@]1(CC)O3. The number of hydrogen-bond donors (Lipinski definition) is 1. The Balaban J connectivity index is 2.02. The van der Waals surface area contributed by atoms with Crippen molar-refractivity contribution in [1.29, 1.82) is 0 Å². The van der Waals surface area contributed by atoms with E-state index in [1.54, 1.807) is 29.0 Å². The molecule has 2 bridgehead atoms. The summed E-state index contributed by atoms with van der Waals surface area (Å²) in [4.78, 5) is 47.3. The second kappa shape index (κ2) is 12.6. The van der Waals surface area contributed by atoms with Crippen molar-refractivity contribution >= 4 is 17.7 Å². The molecule has 208 valence electrons. The van der Waals surface area contributed by atoms with Gasteiger partial charge in [-0.1, -0.05) is 38.8 Å². The molecule has 0 aromatic heterocycles. The molecule has 3 heterocycles. The standard InChI is InChI=1S/C29H47N3O5/c1-6-10-12-19-31(18-8-3)27(36)24-29-16-15-28(9-4,37-29)22(25(34)30(5)17-7-2)23(29)26(35)32(24)20-13-11-14-21-33/h7-8,22-24,33H,2-3,6,9-21H2,1,4-5H3/t22-,23+,24?,28+,29?/m1/s1. The van der Waals surface area contributed by atoms with Crippen LogP contribution in [0.1, 0.15) is 71.6 Å². The minimum absolute atomic E-state index is 0.0990. The number of unbranched alkanes of at least 4 members (excludes halogenated alkanes) is 4. The molecule has 0 aromatic carbocycles. The molecule has 0 saturated carbocycles. The van der Waals surface area contributed by atoms with Gasteiger partial charge in [0.25, 0.3) is 0 Å². The number of likely N-dealkylation sites (N-methyl/N-ethyl adjacent to an activating group) is 1. The minimum atomic E-state index is -0.999. The summed E-state index contributed by atoms with van der Waals surface area (Å²) < 4.78 is 6.85. The molecule has 8 nitrogen and oxygen atoms in total. The van der Waals surface area contributed by atoms with Gasteiger partial charge in [-0.2, -0.15) is 0 Å². The normalized spacial score (nSPS) is 29.9. The van der Waals surface area contributed by atoms with Gasteiger partial charge in [-0.05, 0) is 44.9 Å². The molecule has 0 radical (unpaired) electrons. The zero-order valence-corrected chi connectivity index (χ0v) is 23.1. The van der Waals surface area contributed by atoms with Gasteiger partial charge in [0.2, 0.25) is 17.7 Å². The molecule has 3 rings (SSSR count). The average Bonchev–Trinajstić information content (AvgIpc) is 3.49. The molecule has 37 heavy (non-hydrogen) atoms. The van der Waals surface area contributed by atoms with E-state index < -0.39 is 29.1 Å². The monoisotopic (exact) mass is 517 g/mol. The largest absolute Gasteiger partial charge is 0.396 e. The maximum Gasteiger partial charge on any atom is 0.248 e. The molecule has 8 heteroatoms. The van der Waals surface area contributed by atoms with Gasteiger partial charge >= 0.3 is 0 Å². The van der Waals surface area contributed by atoms with Crippen LogP contribution in [0, 0.1) is 11.8 Å². The number of hydrogen-bond acceptors (Lipinski definition) is 5. The molecule has 2 unspecified atom stereocenters. The first-order chi connectivity index (χ1) is 17.8. The predicted molar refractivity (Wildman–Crippen MR) is 144 cm³/mol. The van der Waals surface area contributed by atoms with E-state index >= 15 is 0 Å². The molecule has 1 N–H and O–H groups in total. The summed E-state index contributed by atoms with van der Waals surface area (Å²) in [5.74, 6) is -1.65. The van der Waals surface area contributed by atoms with Gasteiger partial charge in [0, 0.05) is 39.8 Å². The van der Waals surface area contributed by atoms with Crippen LogP contribution in [0.2, 0.25) is 0 Å². The van der Waals surface area contributed by atoms with Crippen molar-refractivity contribution in [2.45, 2.75) is 88.9 Å². The topological polar surface area (TPSA) is 90.4 Å². The molecule has 3 aliphatic heterocycles. The molecule has 3 amide bonds. The fourth-order valence-corrected chi connectivity index (χ4v) is 6.88. The molecule has 5 atom stereocenters. The van der Waals surface area contributed by atoms with E-state index in [4.69, 9.17) is 4.74 Å². The van der Waals surface area contributed by atoms with E-state index in [9.17, 15) is 19.5 Å².